The summed E-state index contributed by atoms with van der Waals surface area (Å²) >= 11 is 0. The highest BCUT2D eigenvalue weighted by atomic mass is 16.1. The number of hydrogen-bond acceptors (Lipinski definition) is 4. The van der Waals surface area contributed by atoms with Crippen LogP contribution in [0.25, 0.3) is 21.9 Å². The maximum absolute atomic E-state index is 12.9. The molecule has 3 heterocycles. The number of nitrogens with two attached hydrogens (primary N) is 1. The molecule has 3 aromatic rings. The van der Waals surface area contributed by atoms with Crippen LogP contribution in [-0.4, -0.2) is 19.3 Å². The summed E-state index contributed by atoms with van der Waals surface area (Å²) in [5.74, 6) is 0.420. The zero-order valence-electron chi connectivity index (χ0n) is 13.4. The maximum Gasteiger partial charge on any atom is 0.265 e. The first kappa shape index (κ1) is 14.6. The lowest BCUT2D eigenvalue weighted by molar-refractivity contribution is 0.364. The van der Waals surface area contributed by atoms with Gasteiger partial charge < -0.3 is 5.73 Å². The molecule has 116 valence electrons. The maximum atomic E-state index is 12.9. The van der Waals surface area contributed by atoms with Crippen molar-refractivity contribution in [2.24, 2.45) is 0 Å². The van der Waals surface area contributed by atoms with Gasteiger partial charge in [0, 0.05) is 18.1 Å². The number of aryl methyl sites for hydroxylation is 1. The van der Waals surface area contributed by atoms with Gasteiger partial charge in [-0.15, -0.1) is 0 Å². The van der Waals surface area contributed by atoms with E-state index in [2.05, 4.69) is 10.1 Å². The lowest BCUT2D eigenvalue weighted by atomic mass is 10.1. The van der Waals surface area contributed by atoms with Crippen LogP contribution in [0.4, 0.5) is 5.82 Å². The van der Waals surface area contributed by atoms with Crippen molar-refractivity contribution >= 4 is 27.8 Å². The molecule has 0 aliphatic heterocycles. The molecule has 6 nitrogen and oxygen atoms in total. The van der Waals surface area contributed by atoms with Crippen molar-refractivity contribution in [3.8, 4) is 0 Å². The molecule has 0 saturated carbocycles. The standard InChI is InChI=1S/C16H21N5O/c1-5-9-20-14-10(7-6-8-18-14)12-11(15(20)22)13(17)21(19-12)16(2,3)4/h6-8H,5,9,17H2,1-4H3. The monoisotopic (exact) mass is 299 g/mol. The summed E-state index contributed by atoms with van der Waals surface area (Å²) in [4.78, 5) is 17.3. The first-order chi connectivity index (χ1) is 10.4. The molecule has 0 amide bonds. The van der Waals surface area contributed by atoms with Gasteiger partial charge in [0.25, 0.3) is 5.56 Å². The Morgan fingerprint density at radius 1 is 1.32 bits per heavy atom. The van der Waals surface area contributed by atoms with E-state index in [1.807, 2.05) is 39.8 Å². The average molecular weight is 299 g/mol. The number of hydrogen-bond donors (Lipinski definition) is 1. The van der Waals surface area contributed by atoms with Crippen molar-refractivity contribution in [2.45, 2.75) is 46.2 Å². The van der Waals surface area contributed by atoms with Crippen LogP contribution in [0.15, 0.2) is 23.1 Å². The van der Waals surface area contributed by atoms with Gasteiger partial charge in [-0.1, -0.05) is 6.92 Å². The smallest absolute Gasteiger partial charge is 0.265 e. The molecule has 3 aromatic heterocycles. The molecule has 0 radical (unpaired) electrons. The Morgan fingerprint density at radius 3 is 2.68 bits per heavy atom. The predicted octanol–water partition coefficient (Wildman–Crippen LogP) is 2.49. The molecule has 0 unspecified atom stereocenters. The first-order valence-electron chi connectivity index (χ1n) is 7.52. The van der Waals surface area contributed by atoms with Gasteiger partial charge in [0.15, 0.2) is 0 Å². The van der Waals surface area contributed by atoms with Gasteiger partial charge in [-0.3, -0.25) is 9.36 Å². The van der Waals surface area contributed by atoms with Crippen molar-refractivity contribution in [3.05, 3.63) is 28.7 Å². The van der Waals surface area contributed by atoms with E-state index >= 15 is 0 Å². The fourth-order valence-electron chi connectivity index (χ4n) is 2.80. The molecule has 22 heavy (non-hydrogen) atoms. The van der Waals surface area contributed by atoms with E-state index in [1.165, 1.54) is 0 Å². The fourth-order valence-corrected chi connectivity index (χ4v) is 2.80. The summed E-state index contributed by atoms with van der Waals surface area (Å²) in [7, 11) is 0. The zero-order chi connectivity index (χ0) is 16.1. The highest BCUT2D eigenvalue weighted by Crippen LogP contribution is 2.28. The minimum Gasteiger partial charge on any atom is -0.383 e. The number of anilines is 1. The number of aromatic nitrogens is 4. The van der Waals surface area contributed by atoms with Crippen molar-refractivity contribution in [1.82, 2.24) is 19.3 Å². The van der Waals surface area contributed by atoms with Crippen LogP contribution >= 0.6 is 0 Å². The van der Waals surface area contributed by atoms with Crippen LogP contribution in [0.3, 0.4) is 0 Å². The summed E-state index contributed by atoms with van der Waals surface area (Å²) in [6.45, 7) is 8.69. The summed E-state index contributed by atoms with van der Waals surface area (Å²) in [5.41, 5.74) is 7.14. The zero-order valence-corrected chi connectivity index (χ0v) is 13.4. The molecule has 2 N–H and O–H groups in total. The minimum absolute atomic E-state index is 0.115. The summed E-state index contributed by atoms with van der Waals surface area (Å²) in [6, 6.07) is 3.80. The quantitative estimate of drug-likeness (QED) is 0.788. The van der Waals surface area contributed by atoms with Crippen molar-refractivity contribution < 1.29 is 0 Å². The number of pyridine rings is 2. The molecule has 0 aromatic carbocycles. The van der Waals surface area contributed by atoms with Crippen LogP contribution in [0.2, 0.25) is 0 Å². The number of rotatable bonds is 2. The van der Waals surface area contributed by atoms with E-state index in [0.717, 1.165) is 11.8 Å². The Labute approximate surface area is 128 Å². The number of nitrogen functional groups attached to an aromatic ring is 1. The van der Waals surface area contributed by atoms with Crippen molar-refractivity contribution in [2.75, 3.05) is 5.73 Å². The van der Waals surface area contributed by atoms with E-state index in [0.29, 0.717) is 28.9 Å². The van der Waals surface area contributed by atoms with Gasteiger partial charge in [0.1, 0.15) is 22.4 Å². The van der Waals surface area contributed by atoms with E-state index in [4.69, 9.17) is 5.73 Å². The van der Waals surface area contributed by atoms with Crippen LogP contribution in [-0.2, 0) is 12.1 Å². The lowest BCUT2D eigenvalue weighted by Crippen LogP contribution is -2.25. The number of fused-ring (bicyclic) bond motifs is 3. The van der Waals surface area contributed by atoms with Crippen molar-refractivity contribution in [3.63, 3.8) is 0 Å². The second-order valence-corrected chi connectivity index (χ2v) is 6.52. The van der Waals surface area contributed by atoms with Gasteiger partial charge in [0.2, 0.25) is 0 Å². The second kappa shape index (κ2) is 4.83. The predicted molar refractivity (Wildman–Crippen MR) is 89.0 cm³/mol. The summed E-state index contributed by atoms with van der Waals surface area (Å²) in [6.07, 6.45) is 2.55. The van der Waals surface area contributed by atoms with Gasteiger partial charge >= 0.3 is 0 Å². The third-order valence-electron chi connectivity index (χ3n) is 3.76. The Morgan fingerprint density at radius 2 is 2.05 bits per heavy atom. The van der Waals surface area contributed by atoms with Crippen LogP contribution in [0.1, 0.15) is 34.1 Å². The van der Waals surface area contributed by atoms with E-state index in [9.17, 15) is 4.79 Å². The molecule has 0 spiro atoms. The third-order valence-corrected chi connectivity index (χ3v) is 3.76. The fraction of sp³-hybridized carbons (Fsp3) is 0.438. The third kappa shape index (κ3) is 1.98. The molecular formula is C16H21N5O. The molecule has 3 rings (SSSR count). The first-order valence-corrected chi connectivity index (χ1v) is 7.52. The Bertz CT molecular complexity index is 914. The van der Waals surface area contributed by atoms with E-state index in [-0.39, 0.29) is 11.1 Å². The summed E-state index contributed by atoms with van der Waals surface area (Å²) < 4.78 is 3.42. The van der Waals surface area contributed by atoms with Crippen LogP contribution in [0.5, 0.6) is 0 Å². The van der Waals surface area contributed by atoms with E-state index in [1.54, 1.807) is 15.4 Å². The van der Waals surface area contributed by atoms with Crippen LogP contribution < -0.4 is 11.3 Å². The Kier molecular flexibility index (Phi) is 3.20. The largest absolute Gasteiger partial charge is 0.383 e. The molecular weight excluding hydrogens is 278 g/mol. The summed E-state index contributed by atoms with van der Waals surface area (Å²) in [5, 5.41) is 5.96. The van der Waals surface area contributed by atoms with Gasteiger partial charge in [-0.05, 0) is 39.3 Å². The number of nitrogens with zero attached hydrogens (tertiary/aromatic N) is 4. The average Bonchev–Trinajstić information content (AvgIpc) is 2.81. The normalized spacial score (nSPS) is 12.4. The lowest BCUT2D eigenvalue weighted by Gasteiger charge is -2.20. The minimum atomic E-state index is -0.292. The molecule has 0 saturated heterocycles. The molecule has 0 fully saturated rings. The molecule has 0 bridgehead atoms. The Balaban J connectivity index is 2.55. The highest BCUT2D eigenvalue weighted by molar-refractivity contribution is 6.05. The SMILES string of the molecule is CCCn1c(=O)c2c(N)n(C(C)(C)C)nc2c2cccnc21. The molecule has 0 atom stereocenters. The van der Waals surface area contributed by atoms with Gasteiger partial charge in [-0.2, -0.15) is 5.10 Å². The molecule has 0 aliphatic rings. The Hall–Kier alpha value is -2.37. The van der Waals surface area contributed by atoms with Crippen LogP contribution in [0, 0.1) is 0 Å². The van der Waals surface area contributed by atoms with Gasteiger partial charge in [-0.25, -0.2) is 9.67 Å². The van der Waals surface area contributed by atoms with E-state index < -0.39 is 0 Å². The topological polar surface area (TPSA) is 78.7 Å². The second-order valence-electron chi connectivity index (χ2n) is 6.52. The van der Waals surface area contributed by atoms with Gasteiger partial charge in [0.05, 0.1) is 5.54 Å². The highest BCUT2D eigenvalue weighted by Gasteiger charge is 2.24. The molecule has 0 aliphatic carbocycles. The molecule has 6 heteroatoms. The van der Waals surface area contributed by atoms with Crippen molar-refractivity contribution in [1.29, 1.82) is 0 Å².